The Morgan fingerprint density at radius 1 is 1.30 bits per heavy atom. The number of aliphatic carboxylic acids is 1. The van der Waals surface area contributed by atoms with Crippen molar-refractivity contribution in [1.82, 2.24) is 0 Å². The second-order valence-electron chi connectivity index (χ2n) is 5.13. The van der Waals surface area contributed by atoms with E-state index >= 15 is 0 Å². The Balaban J connectivity index is 1.94. The van der Waals surface area contributed by atoms with Gasteiger partial charge in [0.25, 0.3) is 0 Å². The van der Waals surface area contributed by atoms with Crippen LogP contribution in [0.4, 0.5) is 0 Å². The highest BCUT2D eigenvalue weighted by Gasteiger charge is 2.24. The number of hydrogen-bond acceptors (Lipinski definition) is 3. The van der Waals surface area contributed by atoms with E-state index in [1.54, 1.807) is 25.1 Å². The number of carboxylic acid groups (broad SMARTS) is 1. The van der Waals surface area contributed by atoms with Crippen LogP contribution in [-0.4, -0.2) is 16.9 Å². The average molecular weight is 270 g/mol. The molecule has 0 aromatic heterocycles. The summed E-state index contributed by atoms with van der Waals surface area (Å²) >= 11 is 0. The molecule has 102 valence electrons. The van der Waals surface area contributed by atoms with Crippen molar-refractivity contribution in [3.8, 4) is 5.75 Å². The summed E-state index contributed by atoms with van der Waals surface area (Å²) in [6, 6.07) is 5.49. The summed E-state index contributed by atoms with van der Waals surface area (Å²) in [7, 11) is 0. The SMILES string of the molecule is CC(C(=O)O)c1ccc2c(c1)OC1=C(C=CC(=O)C1)C2. The minimum atomic E-state index is -0.864. The summed E-state index contributed by atoms with van der Waals surface area (Å²) in [4.78, 5) is 22.5. The van der Waals surface area contributed by atoms with Crippen LogP contribution >= 0.6 is 0 Å². The van der Waals surface area contributed by atoms with Crippen molar-refractivity contribution in [2.75, 3.05) is 0 Å². The monoisotopic (exact) mass is 270 g/mol. The molecule has 4 heteroatoms. The molecular formula is C16H14O4. The molecular weight excluding hydrogens is 256 g/mol. The van der Waals surface area contributed by atoms with Crippen molar-refractivity contribution < 1.29 is 19.4 Å². The Labute approximate surface area is 116 Å². The first kappa shape index (κ1) is 12.7. The summed E-state index contributed by atoms with van der Waals surface area (Å²) in [5.41, 5.74) is 2.75. The average Bonchev–Trinajstić information content (AvgIpc) is 2.43. The third-order valence-electron chi connectivity index (χ3n) is 3.74. The molecule has 0 fully saturated rings. The number of carbonyl (C=O) groups is 2. The molecule has 1 unspecified atom stereocenters. The summed E-state index contributed by atoms with van der Waals surface area (Å²) in [6.45, 7) is 1.64. The molecule has 1 aliphatic heterocycles. The lowest BCUT2D eigenvalue weighted by Gasteiger charge is -2.24. The van der Waals surface area contributed by atoms with Gasteiger partial charge in [0.05, 0.1) is 12.3 Å². The van der Waals surface area contributed by atoms with Crippen molar-refractivity contribution in [1.29, 1.82) is 0 Å². The first-order valence-electron chi connectivity index (χ1n) is 6.51. The summed E-state index contributed by atoms with van der Waals surface area (Å²) in [5, 5.41) is 9.06. The second-order valence-corrected chi connectivity index (χ2v) is 5.13. The third kappa shape index (κ3) is 2.13. The number of benzene rings is 1. The van der Waals surface area contributed by atoms with Gasteiger partial charge >= 0.3 is 5.97 Å². The molecule has 1 heterocycles. The van der Waals surface area contributed by atoms with Crippen LogP contribution in [0.3, 0.4) is 0 Å². The number of carboxylic acids is 1. The van der Waals surface area contributed by atoms with Crippen LogP contribution in [-0.2, 0) is 16.0 Å². The minimum absolute atomic E-state index is 0.0299. The molecule has 1 aliphatic carbocycles. The van der Waals surface area contributed by atoms with Crippen molar-refractivity contribution in [2.45, 2.75) is 25.7 Å². The Morgan fingerprint density at radius 2 is 2.10 bits per heavy atom. The van der Waals surface area contributed by atoms with Gasteiger partial charge in [-0.15, -0.1) is 0 Å². The van der Waals surface area contributed by atoms with E-state index in [-0.39, 0.29) is 12.2 Å². The van der Waals surface area contributed by atoms with E-state index in [1.807, 2.05) is 12.1 Å². The smallest absolute Gasteiger partial charge is 0.310 e. The van der Waals surface area contributed by atoms with Crippen molar-refractivity contribution in [2.24, 2.45) is 0 Å². The maximum atomic E-state index is 11.4. The van der Waals surface area contributed by atoms with Gasteiger partial charge < -0.3 is 9.84 Å². The molecule has 1 aromatic carbocycles. The van der Waals surface area contributed by atoms with Gasteiger partial charge in [-0.1, -0.05) is 18.2 Å². The van der Waals surface area contributed by atoms with Crippen LogP contribution in [0.25, 0.3) is 0 Å². The fourth-order valence-corrected chi connectivity index (χ4v) is 2.44. The molecule has 0 bridgehead atoms. The Hall–Kier alpha value is -2.36. The van der Waals surface area contributed by atoms with E-state index in [0.29, 0.717) is 17.1 Å². The van der Waals surface area contributed by atoms with E-state index < -0.39 is 11.9 Å². The van der Waals surface area contributed by atoms with Crippen LogP contribution in [0.1, 0.15) is 30.4 Å². The summed E-state index contributed by atoms with van der Waals surface area (Å²) < 4.78 is 5.79. The van der Waals surface area contributed by atoms with E-state index in [9.17, 15) is 9.59 Å². The number of ketones is 1. The van der Waals surface area contributed by atoms with Gasteiger partial charge in [0.2, 0.25) is 0 Å². The molecule has 0 radical (unpaired) electrons. The Kier molecular flexibility index (Phi) is 2.93. The molecule has 1 atom stereocenters. The Morgan fingerprint density at radius 3 is 2.85 bits per heavy atom. The van der Waals surface area contributed by atoms with E-state index in [4.69, 9.17) is 9.84 Å². The molecule has 0 amide bonds. The van der Waals surface area contributed by atoms with Gasteiger partial charge in [-0.05, 0) is 35.8 Å². The highest BCUT2D eigenvalue weighted by molar-refractivity contribution is 5.93. The van der Waals surface area contributed by atoms with E-state index in [2.05, 4.69) is 0 Å². The molecule has 1 N–H and O–H groups in total. The zero-order valence-corrected chi connectivity index (χ0v) is 11.1. The molecule has 4 nitrogen and oxygen atoms in total. The molecule has 2 aliphatic rings. The predicted molar refractivity (Wildman–Crippen MR) is 72.6 cm³/mol. The third-order valence-corrected chi connectivity index (χ3v) is 3.74. The summed E-state index contributed by atoms with van der Waals surface area (Å²) in [5.74, 6) is -0.0616. The Bertz CT molecular complexity index is 667. The van der Waals surface area contributed by atoms with Gasteiger partial charge in [0.15, 0.2) is 5.78 Å². The highest BCUT2D eigenvalue weighted by Crippen LogP contribution is 2.35. The largest absolute Gasteiger partial charge is 0.481 e. The lowest BCUT2D eigenvalue weighted by Crippen LogP contribution is -2.16. The zero-order valence-electron chi connectivity index (χ0n) is 11.1. The fraction of sp³-hybridized carbons (Fsp3) is 0.250. The molecule has 20 heavy (non-hydrogen) atoms. The maximum Gasteiger partial charge on any atom is 0.310 e. The topological polar surface area (TPSA) is 63.6 Å². The second kappa shape index (κ2) is 4.63. The van der Waals surface area contributed by atoms with Crippen LogP contribution < -0.4 is 4.74 Å². The van der Waals surface area contributed by atoms with E-state index in [0.717, 1.165) is 17.6 Å². The molecule has 0 spiro atoms. The number of ether oxygens (including phenoxy) is 1. The van der Waals surface area contributed by atoms with Crippen molar-refractivity contribution in [3.05, 3.63) is 52.8 Å². The van der Waals surface area contributed by atoms with Gasteiger partial charge in [0.1, 0.15) is 11.5 Å². The lowest BCUT2D eigenvalue weighted by atomic mass is 9.92. The molecule has 0 saturated heterocycles. The number of rotatable bonds is 2. The summed E-state index contributed by atoms with van der Waals surface area (Å²) in [6.07, 6.45) is 4.38. The number of carbonyl (C=O) groups excluding carboxylic acids is 1. The molecule has 3 rings (SSSR count). The maximum absolute atomic E-state index is 11.4. The van der Waals surface area contributed by atoms with Crippen molar-refractivity contribution in [3.63, 3.8) is 0 Å². The minimum Gasteiger partial charge on any atom is -0.481 e. The fourth-order valence-electron chi connectivity index (χ4n) is 2.44. The zero-order chi connectivity index (χ0) is 14.3. The van der Waals surface area contributed by atoms with Gasteiger partial charge in [0, 0.05) is 6.42 Å². The lowest BCUT2D eigenvalue weighted by molar-refractivity contribution is -0.138. The standard InChI is InChI=1S/C16H14O4/c1-9(16(18)19)10-2-3-11-6-12-4-5-13(17)8-15(12)20-14(11)7-10/h2-5,7,9H,6,8H2,1H3,(H,18,19). The van der Waals surface area contributed by atoms with Gasteiger partial charge in [-0.2, -0.15) is 0 Å². The number of allylic oxidation sites excluding steroid dienone is 4. The van der Waals surface area contributed by atoms with Gasteiger partial charge in [-0.3, -0.25) is 9.59 Å². The molecule has 0 saturated carbocycles. The predicted octanol–water partition coefficient (Wildman–Crippen LogP) is 2.59. The molecule has 1 aromatic rings. The number of hydrogen-bond donors (Lipinski definition) is 1. The normalized spacial score (nSPS) is 18.1. The number of fused-ring (bicyclic) bond motifs is 1. The first-order valence-corrected chi connectivity index (χ1v) is 6.51. The first-order chi connectivity index (χ1) is 9.54. The quantitative estimate of drug-likeness (QED) is 0.897. The van der Waals surface area contributed by atoms with Gasteiger partial charge in [-0.25, -0.2) is 0 Å². The van der Waals surface area contributed by atoms with E-state index in [1.165, 1.54) is 0 Å². The van der Waals surface area contributed by atoms with Crippen LogP contribution in [0.15, 0.2) is 41.7 Å². The van der Waals surface area contributed by atoms with Crippen molar-refractivity contribution >= 4 is 11.8 Å². The van der Waals surface area contributed by atoms with Crippen LogP contribution in [0, 0.1) is 0 Å². The highest BCUT2D eigenvalue weighted by atomic mass is 16.5. The van der Waals surface area contributed by atoms with Crippen LogP contribution in [0.5, 0.6) is 5.75 Å². The van der Waals surface area contributed by atoms with Crippen LogP contribution in [0.2, 0.25) is 0 Å².